The van der Waals surface area contributed by atoms with Gasteiger partial charge in [0.05, 0.1) is 6.20 Å². The van der Waals surface area contributed by atoms with Gasteiger partial charge in [0.1, 0.15) is 10.8 Å². The van der Waals surface area contributed by atoms with Gasteiger partial charge in [-0.05, 0) is 24.2 Å². The molecule has 1 aliphatic carbocycles. The Bertz CT molecular complexity index is 388. The summed E-state index contributed by atoms with van der Waals surface area (Å²) in [6.07, 6.45) is 4.08. The highest BCUT2D eigenvalue weighted by Crippen LogP contribution is 2.51. The predicted molar refractivity (Wildman–Crippen MR) is 66.4 cm³/mol. The maximum Gasteiger partial charge on any atom is 0.222 e. The van der Waals surface area contributed by atoms with Gasteiger partial charge in [0.15, 0.2) is 0 Å². The molecule has 5 heteroatoms. The van der Waals surface area contributed by atoms with E-state index >= 15 is 0 Å². The standard InChI is InChI=1S/C11H17ClN4/c1-7(2)11(3-4-11)6-15-9-8(12)5-14-10(13)16-9/h5,7H,3-4,6H2,1-2H3,(H3,13,14,15,16). The van der Waals surface area contributed by atoms with Crippen LogP contribution in [-0.4, -0.2) is 16.5 Å². The van der Waals surface area contributed by atoms with Crippen LogP contribution >= 0.6 is 11.6 Å². The first kappa shape index (κ1) is 11.5. The molecule has 0 aliphatic heterocycles. The summed E-state index contributed by atoms with van der Waals surface area (Å²) in [6, 6.07) is 0. The molecule has 1 heterocycles. The van der Waals surface area contributed by atoms with Gasteiger partial charge in [-0.15, -0.1) is 0 Å². The number of nitrogens with zero attached hydrogens (tertiary/aromatic N) is 2. The molecule has 0 saturated heterocycles. The van der Waals surface area contributed by atoms with Gasteiger partial charge in [-0.1, -0.05) is 25.4 Å². The average Bonchev–Trinajstić information content (AvgIpc) is 3.00. The first-order valence-electron chi connectivity index (χ1n) is 5.55. The normalized spacial score (nSPS) is 17.5. The molecule has 1 aliphatic rings. The zero-order valence-electron chi connectivity index (χ0n) is 9.63. The maximum atomic E-state index is 5.98. The van der Waals surface area contributed by atoms with Gasteiger partial charge < -0.3 is 11.1 Å². The monoisotopic (exact) mass is 240 g/mol. The van der Waals surface area contributed by atoms with Gasteiger partial charge in [-0.25, -0.2) is 4.98 Å². The first-order chi connectivity index (χ1) is 7.53. The summed E-state index contributed by atoms with van der Waals surface area (Å²) >= 11 is 5.98. The molecule has 4 nitrogen and oxygen atoms in total. The van der Waals surface area contributed by atoms with Crippen LogP contribution in [0.4, 0.5) is 11.8 Å². The lowest BCUT2D eigenvalue weighted by Crippen LogP contribution is -2.21. The Morgan fingerprint density at radius 2 is 2.25 bits per heavy atom. The van der Waals surface area contributed by atoms with E-state index in [1.807, 2.05) is 0 Å². The Morgan fingerprint density at radius 3 is 2.81 bits per heavy atom. The minimum absolute atomic E-state index is 0.251. The quantitative estimate of drug-likeness (QED) is 0.849. The van der Waals surface area contributed by atoms with E-state index in [2.05, 4.69) is 29.1 Å². The van der Waals surface area contributed by atoms with Crippen molar-refractivity contribution in [2.75, 3.05) is 17.6 Å². The van der Waals surface area contributed by atoms with Crippen LogP contribution in [0.3, 0.4) is 0 Å². The average molecular weight is 241 g/mol. The molecule has 0 amide bonds. The molecule has 1 saturated carbocycles. The summed E-state index contributed by atoms with van der Waals surface area (Å²) in [6.45, 7) is 5.41. The second kappa shape index (κ2) is 4.09. The molecule has 88 valence electrons. The van der Waals surface area contributed by atoms with E-state index in [-0.39, 0.29) is 5.95 Å². The Balaban J connectivity index is 2.02. The van der Waals surface area contributed by atoms with Crippen molar-refractivity contribution in [1.29, 1.82) is 0 Å². The highest BCUT2D eigenvalue weighted by Gasteiger charge is 2.45. The summed E-state index contributed by atoms with van der Waals surface area (Å²) < 4.78 is 0. The van der Waals surface area contributed by atoms with E-state index < -0.39 is 0 Å². The van der Waals surface area contributed by atoms with Crippen LogP contribution in [0.1, 0.15) is 26.7 Å². The molecular weight excluding hydrogens is 224 g/mol. The number of nitrogen functional groups attached to an aromatic ring is 1. The van der Waals surface area contributed by atoms with Gasteiger partial charge in [0.25, 0.3) is 0 Å². The minimum Gasteiger partial charge on any atom is -0.368 e. The Morgan fingerprint density at radius 1 is 1.56 bits per heavy atom. The molecule has 0 radical (unpaired) electrons. The van der Waals surface area contributed by atoms with Crippen molar-refractivity contribution in [3.05, 3.63) is 11.2 Å². The predicted octanol–water partition coefficient (Wildman–Crippen LogP) is 2.56. The highest BCUT2D eigenvalue weighted by molar-refractivity contribution is 6.32. The number of hydrogen-bond donors (Lipinski definition) is 2. The SMILES string of the molecule is CC(C)C1(CNc2nc(N)ncc2Cl)CC1. The number of rotatable bonds is 4. The van der Waals surface area contributed by atoms with Gasteiger partial charge >= 0.3 is 0 Å². The Kier molecular flexibility index (Phi) is 2.93. The molecule has 1 aromatic rings. The summed E-state index contributed by atoms with van der Waals surface area (Å²) in [5.74, 6) is 1.57. The third-order valence-corrected chi connectivity index (χ3v) is 3.76. The van der Waals surface area contributed by atoms with Crippen LogP contribution in [0.25, 0.3) is 0 Å². The van der Waals surface area contributed by atoms with Gasteiger partial charge in [0.2, 0.25) is 5.95 Å². The molecule has 0 bridgehead atoms. The van der Waals surface area contributed by atoms with Crippen molar-refractivity contribution >= 4 is 23.4 Å². The van der Waals surface area contributed by atoms with E-state index in [0.717, 1.165) is 6.54 Å². The molecule has 1 aromatic heterocycles. The fourth-order valence-electron chi connectivity index (χ4n) is 1.88. The van der Waals surface area contributed by atoms with E-state index in [4.69, 9.17) is 17.3 Å². The lowest BCUT2D eigenvalue weighted by atomic mass is 9.92. The van der Waals surface area contributed by atoms with Crippen molar-refractivity contribution in [2.24, 2.45) is 11.3 Å². The molecule has 1 fully saturated rings. The second-order valence-electron chi connectivity index (χ2n) is 4.80. The number of aromatic nitrogens is 2. The maximum absolute atomic E-state index is 5.98. The Labute approximate surface area is 101 Å². The van der Waals surface area contributed by atoms with Crippen LogP contribution in [0.5, 0.6) is 0 Å². The van der Waals surface area contributed by atoms with E-state index in [0.29, 0.717) is 22.2 Å². The lowest BCUT2D eigenvalue weighted by molar-refractivity contribution is 0.380. The molecule has 2 rings (SSSR count). The third kappa shape index (κ3) is 2.21. The lowest BCUT2D eigenvalue weighted by Gasteiger charge is -2.20. The summed E-state index contributed by atoms with van der Waals surface area (Å²) in [5, 5.41) is 3.80. The third-order valence-electron chi connectivity index (χ3n) is 3.49. The van der Waals surface area contributed by atoms with Crippen LogP contribution in [0, 0.1) is 11.3 Å². The van der Waals surface area contributed by atoms with Crippen molar-refractivity contribution < 1.29 is 0 Å². The topological polar surface area (TPSA) is 63.8 Å². The van der Waals surface area contributed by atoms with Crippen molar-refractivity contribution in [3.8, 4) is 0 Å². The van der Waals surface area contributed by atoms with Gasteiger partial charge in [-0.2, -0.15) is 4.98 Å². The largest absolute Gasteiger partial charge is 0.368 e. The van der Waals surface area contributed by atoms with Crippen LogP contribution in [0.2, 0.25) is 5.02 Å². The summed E-state index contributed by atoms with van der Waals surface area (Å²) in [7, 11) is 0. The van der Waals surface area contributed by atoms with Crippen LogP contribution < -0.4 is 11.1 Å². The fourth-order valence-corrected chi connectivity index (χ4v) is 2.04. The van der Waals surface area contributed by atoms with E-state index in [9.17, 15) is 0 Å². The van der Waals surface area contributed by atoms with Crippen molar-refractivity contribution in [1.82, 2.24) is 9.97 Å². The van der Waals surface area contributed by atoms with Crippen molar-refractivity contribution in [3.63, 3.8) is 0 Å². The number of nitrogens with two attached hydrogens (primary N) is 1. The van der Waals surface area contributed by atoms with E-state index in [1.165, 1.54) is 19.0 Å². The molecule has 0 spiro atoms. The first-order valence-corrected chi connectivity index (χ1v) is 5.93. The van der Waals surface area contributed by atoms with Gasteiger partial charge in [0, 0.05) is 6.54 Å². The molecule has 3 N–H and O–H groups in total. The Hall–Kier alpha value is -1.03. The molecule has 0 aromatic carbocycles. The summed E-state index contributed by atoms with van der Waals surface area (Å²) in [5.41, 5.74) is 5.94. The fraction of sp³-hybridized carbons (Fsp3) is 0.636. The molecule has 0 unspecified atom stereocenters. The van der Waals surface area contributed by atoms with Gasteiger partial charge in [-0.3, -0.25) is 0 Å². The number of nitrogens with one attached hydrogen (secondary N) is 1. The molecule has 0 atom stereocenters. The number of hydrogen-bond acceptors (Lipinski definition) is 4. The molecular formula is C11H17ClN4. The minimum atomic E-state index is 0.251. The highest BCUT2D eigenvalue weighted by atomic mass is 35.5. The van der Waals surface area contributed by atoms with E-state index in [1.54, 1.807) is 0 Å². The van der Waals surface area contributed by atoms with Crippen LogP contribution in [0.15, 0.2) is 6.20 Å². The zero-order chi connectivity index (χ0) is 11.8. The molecule has 16 heavy (non-hydrogen) atoms. The number of halogens is 1. The smallest absolute Gasteiger partial charge is 0.222 e. The second-order valence-corrected chi connectivity index (χ2v) is 5.20. The summed E-state index contributed by atoms with van der Waals surface area (Å²) in [4.78, 5) is 7.92. The van der Waals surface area contributed by atoms with Crippen molar-refractivity contribution in [2.45, 2.75) is 26.7 Å². The number of anilines is 2. The van der Waals surface area contributed by atoms with Crippen LogP contribution in [-0.2, 0) is 0 Å². The zero-order valence-corrected chi connectivity index (χ0v) is 10.4.